The second kappa shape index (κ2) is 20.8. The van der Waals surface area contributed by atoms with Crippen molar-refractivity contribution in [3.8, 4) is 50.7 Å². The number of benzene rings is 8. The molecule has 2 aromatic heterocycles. The predicted molar refractivity (Wildman–Crippen MR) is 316 cm³/mol. The molecule has 0 fully saturated rings. The number of ether oxygens (including phenoxy) is 1. The minimum absolute atomic E-state index is 0. The fraction of sp³-hybridized carbons (Fsp3) is 0.229. The van der Waals surface area contributed by atoms with Gasteiger partial charge in [0.05, 0.1) is 0 Å². The first-order valence-corrected chi connectivity index (χ1v) is 26.8. The number of rotatable bonds is 10. The van der Waals surface area contributed by atoms with Crippen molar-refractivity contribution in [3.05, 3.63) is 222 Å². The number of nitrogens with zero attached hydrogens (tertiary/aromatic N) is 4. The van der Waals surface area contributed by atoms with Gasteiger partial charge in [0.15, 0.2) is 0 Å². The van der Waals surface area contributed by atoms with E-state index in [1.807, 2.05) is 30.5 Å². The Bertz CT molecular complexity index is 3870. The van der Waals surface area contributed by atoms with Gasteiger partial charge in [-0.25, -0.2) is 13.8 Å². The number of hydrogen-bond donors (Lipinski definition) is 0. The van der Waals surface area contributed by atoms with Gasteiger partial charge in [-0.3, -0.25) is 0 Å². The normalized spacial score (nSPS) is 12.8. The molecule has 0 aliphatic carbocycles. The van der Waals surface area contributed by atoms with Crippen LogP contribution >= 0.6 is 0 Å². The van der Waals surface area contributed by atoms with Crippen molar-refractivity contribution < 1.29 is 34.6 Å². The Morgan fingerprint density at radius 3 is 1.76 bits per heavy atom. The fourth-order valence-corrected chi connectivity index (χ4v) is 10.8. The third kappa shape index (κ3) is 10.4. The SMILES string of the molecule is Cc1cc(C)cc(-c2cc(Oc3[c-]c4c(cc3)c3ccccc3n4-c3cc(C(C)(C)C)ccn3)[c-]c(N3[CH-]N(c4c(-c5cc(F)cc(F)c5)cc(C(C)(C)C)cc4-c4cc(C(C)C)cc(C(C)C)c4)c4ccccc43)c2)c1.[Pt]. The molecule has 0 bridgehead atoms. The van der Waals surface area contributed by atoms with Crippen LogP contribution in [0.3, 0.4) is 0 Å². The topological polar surface area (TPSA) is 33.5 Å². The molecule has 0 saturated heterocycles. The Morgan fingerprint density at radius 1 is 0.538 bits per heavy atom. The van der Waals surface area contributed by atoms with Crippen molar-refractivity contribution in [3.63, 3.8) is 0 Å². The molecule has 10 aromatic rings. The minimum atomic E-state index is -0.639. The maximum atomic E-state index is 15.6. The van der Waals surface area contributed by atoms with Crippen LogP contribution in [-0.2, 0) is 31.9 Å². The smallest absolute Gasteiger partial charge is 0.135 e. The summed E-state index contributed by atoms with van der Waals surface area (Å²) >= 11 is 0. The number of aryl methyl sites for hydroxylation is 2. The van der Waals surface area contributed by atoms with Crippen LogP contribution < -0.4 is 14.5 Å². The predicted octanol–water partition coefficient (Wildman–Crippen LogP) is 19.7. The van der Waals surface area contributed by atoms with E-state index in [9.17, 15) is 0 Å². The maximum absolute atomic E-state index is 15.6. The molecule has 0 radical (unpaired) electrons. The maximum Gasteiger partial charge on any atom is 0.135 e. The largest absolute Gasteiger partial charge is 0.509 e. The van der Waals surface area contributed by atoms with Crippen LogP contribution in [0.15, 0.2) is 158 Å². The van der Waals surface area contributed by atoms with Gasteiger partial charge in [-0.15, -0.1) is 53.6 Å². The molecular formula is C70H65F2N4OPt-3. The molecule has 1 aliphatic rings. The molecule has 8 heteroatoms. The van der Waals surface area contributed by atoms with Crippen LogP contribution in [0.4, 0.5) is 31.5 Å². The molecule has 0 amide bonds. The summed E-state index contributed by atoms with van der Waals surface area (Å²) in [4.78, 5) is 9.24. The summed E-state index contributed by atoms with van der Waals surface area (Å²) in [5, 5.41) is 2.14. The van der Waals surface area contributed by atoms with E-state index in [1.165, 1.54) is 28.8 Å². The summed E-state index contributed by atoms with van der Waals surface area (Å²) < 4.78 is 40.3. The average Bonchev–Trinajstić information content (AvgIpc) is 4.14. The monoisotopic (exact) mass is 1210 g/mol. The number of pyridine rings is 1. The van der Waals surface area contributed by atoms with E-state index >= 15 is 8.78 Å². The number of halogens is 2. The molecule has 78 heavy (non-hydrogen) atoms. The number of hydrogen-bond acceptors (Lipinski definition) is 4. The summed E-state index contributed by atoms with van der Waals surface area (Å²) in [5.41, 5.74) is 16.9. The first-order chi connectivity index (χ1) is 36.7. The fourth-order valence-electron chi connectivity index (χ4n) is 10.8. The van der Waals surface area contributed by atoms with E-state index in [0.29, 0.717) is 22.6 Å². The Hall–Kier alpha value is -7.34. The molecule has 0 unspecified atom stereocenters. The van der Waals surface area contributed by atoms with Crippen molar-refractivity contribution in [1.82, 2.24) is 9.55 Å². The molecule has 0 N–H and O–H groups in total. The van der Waals surface area contributed by atoms with Crippen molar-refractivity contribution in [2.75, 3.05) is 9.80 Å². The van der Waals surface area contributed by atoms with E-state index in [0.717, 1.165) is 95.4 Å². The third-order valence-electron chi connectivity index (χ3n) is 14.9. The first kappa shape index (κ1) is 54.0. The van der Waals surface area contributed by atoms with Gasteiger partial charge in [0.2, 0.25) is 0 Å². The second-order valence-electron chi connectivity index (χ2n) is 23.6. The van der Waals surface area contributed by atoms with Gasteiger partial charge in [-0.05, 0) is 135 Å². The number of aromatic nitrogens is 2. The Kier molecular flexibility index (Phi) is 14.4. The van der Waals surface area contributed by atoms with Crippen molar-refractivity contribution in [2.24, 2.45) is 0 Å². The first-order valence-electron chi connectivity index (χ1n) is 26.8. The number of para-hydroxylation sites is 3. The summed E-state index contributed by atoms with van der Waals surface area (Å²) in [6.45, 7) is 28.4. The number of anilines is 4. The van der Waals surface area contributed by atoms with Crippen molar-refractivity contribution in [2.45, 2.75) is 106 Å². The van der Waals surface area contributed by atoms with Crippen LogP contribution in [-0.4, -0.2) is 9.55 Å². The number of fused-ring (bicyclic) bond motifs is 4. The van der Waals surface area contributed by atoms with Gasteiger partial charge >= 0.3 is 0 Å². The zero-order valence-electron chi connectivity index (χ0n) is 46.5. The molecule has 0 spiro atoms. The van der Waals surface area contributed by atoms with Crippen LogP contribution in [0, 0.1) is 44.3 Å². The minimum Gasteiger partial charge on any atom is -0.509 e. The van der Waals surface area contributed by atoms with Crippen LogP contribution in [0.5, 0.6) is 11.5 Å². The standard InChI is InChI=1S/C70H65F2N4O.Pt/c1-42(2)46-28-47(43(3)4)30-50(29-46)61-35-53(70(10,11)12)36-62(51-31-54(71)38-55(72)32-51)68(61)75-41-74(64-19-15-16-20-65(64)75)56-33-49(48-26-44(5)25-45(6)27-48)34-58(39-56)77-57-21-22-60-59-17-13-14-18-63(59)76(66(60)40-57)67-37-52(23-24-73-67)69(7,8)9;/h13-38,41-43H,1-12H3;/q-3;. The summed E-state index contributed by atoms with van der Waals surface area (Å²) in [6, 6.07) is 58.3. The van der Waals surface area contributed by atoms with Crippen molar-refractivity contribution in [1.29, 1.82) is 0 Å². The van der Waals surface area contributed by atoms with Crippen LogP contribution in [0.25, 0.3) is 61.0 Å². The van der Waals surface area contributed by atoms with E-state index in [1.54, 1.807) is 0 Å². The van der Waals surface area contributed by atoms with E-state index < -0.39 is 11.6 Å². The quantitative estimate of drug-likeness (QED) is 0.128. The molecule has 1 aliphatic heterocycles. The molecule has 5 nitrogen and oxygen atoms in total. The van der Waals surface area contributed by atoms with Gasteiger partial charge in [0.25, 0.3) is 0 Å². The van der Waals surface area contributed by atoms with Gasteiger partial charge in [-0.2, -0.15) is 6.07 Å². The average molecular weight is 1210 g/mol. The molecule has 3 heterocycles. The molecule has 398 valence electrons. The summed E-state index contributed by atoms with van der Waals surface area (Å²) in [6.07, 6.45) is 1.89. The van der Waals surface area contributed by atoms with Gasteiger partial charge in [0.1, 0.15) is 17.5 Å². The van der Waals surface area contributed by atoms with Gasteiger partial charge in [-0.1, -0.05) is 153 Å². The molecular weight excluding hydrogens is 1150 g/mol. The second-order valence-corrected chi connectivity index (χ2v) is 23.6. The zero-order chi connectivity index (χ0) is 54.2. The third-order valence-corrected chi connectivity index (χ3v) is 14.9. The van der Waals surface area contributed by atoms with Crippen LogP contribution in [0.2, 0.25) is 0 Å². The zero-order valence-corrected chi connectivity index (χ0v) is 48.8. The Balaban J connectivity index is 0.00000688. The Labute approximate surface area is 473 Å². The van der Waals surface area contributed by atoms with Crippen molar-refractivity contribution >= 4 is 44.6 Å². The van der Waals surface area contributed by atoms with Gasteiger partial charge in [0, 0.05) is 78.5 Å². The molecule has 11 rings (SSSR count). The molecule has 8 aromatic carbocycles. The van der Waals surface area contributed by atoms with Crippen LogP contribution in [0.1, 0.15) is 114 Å². The van der Waals surface area contributed by atoms with E-state index in [4.69, 9.17) is 9.72 Å². The summed E-state index contributed by atoms with van der Waals surface area (Å²) in [5.74, 6) is 1.09. The van der Waals surface area contributed by atoms with E-state index in [-0.39, 0.29) is 43.7 Å². The molecule has 0 atom stereocenters. The Morgan fingerprint density at radius 2 is 1.13 bits per heavy atom. The van der Waals surface area contributed by atoms with Gasteiger partial charge < -0.3 is 19.1 Å². The van der Waals surface area contributed by atoms with E-state index in [2.05, 4.69) is 225 Å². The molecule has 0 saturated carbocycles. The summed E-state index contributed by atoms with van der Waals surface area (Å²) in [7, 11) is 0.